The van der Waals surface area contributed by atoms with Crippen molar-refractivity contribution in [2.24, 2.45) is 0 Å². The Bertz CT molecular complexity index is 912. The predicted octanol–water partition coefficient (Wildman–Crippen LogP) is 4.15. The Kier molecular flexibility index (Phi) is 7.46. The summed E-state index contributed by atoms with van der Waals surface area (Å²) in [4.78, 5) is 11.0. The second kappa shape index (κ2) is 10.0. The fourth-order valence-electron chi connectivity index (χ4n) is 2.58. The SMILES string of the molecule is CCOc1cc(C=C(C#N)C(=O)O)ccc1OCCOc1ccc(C)cc1C. The third-order valence-corrected chi connectivity index (χ3v) is 3.86. The van der Waals surface area contributed by atoms with Crippen molar-refractivity contribution >= 4 is 12.0 Å². The van der Waals surface area contributed by atoms with Crippen molar-refractivity contribution in [3.63, 3.8) is 0 Å². The third kappa shape index (κ3) is 5.78. The molecule has 2 rings (SSSR count). The lowest BCUT2D eigenvalue weighted by Crippen LogP contribution is -2.10. The molecule has 0 saturated heterocycles. The van der Waals surface area contributed by atoms with Crippen LogP contribution in [-0.4, -0.2) is 30.9 Å². The summed E-state index contributed by atoms with van der Waals surface area (Å²) in [6.07, 6.45) is 1.29. The van der Waals surface area contributed by atoms with E-state index in [4.69, 9.17) is 24.6 Å². The first kappa shape index (κ1) is 20.8. The number of ether oxygens (including phenoxy) is 3. The van der Waals surface area contributed by atoms with Crippen LogP contribution in [0.25, 0.3) is 6.08 Å². The lowest BCUT2D eigenvalue weighted by Gasteiger charge is -2.14. The highest BCUT2D eigenvalue weighted by Crippen LogP contribution is 2.29. The van der Waals surface area contributed by atoms with E-state index in [1.165, 1.54) is 11.6 Å². The highest BCUT2D eigenvalue weighted by atomic mass is 16.5. The van der Waals surface area contributed by atoms with Crippen LogP contribution in [0.4, 0.5) is 0 Å². The van der Waals surface area contributed by atoms with Crippen molar-refractivity contribution in [3.05, 3.63) is 58.7 Å². The number of nitrogens with zero attached hydrogens (tertiary/aromatic N) is 1. The van der Waals surface area contributed by atoms with Gasteiger partial charge in [0, 0.05) is 0 Å². The Labute approximate surface area is 164 Å². The summed E-state index contributed by atoms with van der Waals surface area (Å²) in [5.74, 6) is 0.546. The number of aryl methyl sites for hydroxylation is 2. The van der Waals surface area contributed by atoms with E-state index < -0.39 is 5.97 Å². The molecule has 0 heterocycles. The van der Waals surface area contributed by atoms with E-state index in [1.54, 1.807) is 24.3 Å². The monoisotopic (exact) mass is 381 g/mol. The summed E-state index contributed by atoms with van der Waals surface area (Å²) in [6.45, 7) is 6.98. The van der Waals surface area contributed by atoms with E-state index in [1.807, 2.05) is 32.9 Å². The summed E-state index contributed by atoms with van der Waals surface area (Å²) < 4.78 is 17.1. The molecule has 0 bridgehead atoms. The smallest absolute Gasteiger partial charge is 0.346 e. The first-order valence-electron chi connectivity index (χ1n) is 8.89. The standard InChI is InChI=1S/C22H23NO5/c1-4-26-21-13-17(12-18(14-23)22(24)25)6-8-20(21)28-10-9-27-19-7-5-15(2)11-16(19)3/h5-8,11-13H,4,9-10H2,1-3H3,(H,24,25). The minimum absolute atomic E-state index is 0.321. The molecule has 6 nitrogen and oxygen atoms in total. The number of nitriles is 1. The zero-order valence-electron chi connectivity index (χ0n) is 16.2. The summed E-state index contributed by atoms with van der Waals surface area (Å²) in [5, 5.41) is 17.9. The zero-order valence-corrected chi connectivity index (χ0v) is 16.2. The van der Waals surface area contributed by atoms with E-state index in [9.17, 15) is 4.79 Å². The molecule has 0 fully saturated rings. The van der Waals surface area contributed by atoms with Gasteiger partial charge in [0.2, 0.25) is 0 Å². The number of hydrogen-bond donors (Lipinski definition) is 1. The van der Waals surface area contributed by atoms with E-state index in [2.05, 4.69) is 6.07 Å². The van der Waals surface area contributed by atoms with Crippen molar-refractivity contribution in [1.29, 1.82) is 5.26 Å². The summed E-state index contributed by atoms with van der Waals surface area (Å²) in [5.41, 5.74) is 2.44. The van der Waals surface area contributed by atoms with Crippen molar-refractivity contribution in [1.82, 2.24) is 0 Å². The number of carboxylic acid groups (broad SMARTS) is 1. The lowest BCUT2D eigenvalue weighted by atomic mass is 10.1. The number of rotatable bonds is 9. The van der Waals surface area contributed by atoms with Crippen molar-refractivity contribution in [2.75, 3.05) is 19.8 Å². The summed E-state index contributed by atoms with van der Waals surface area (Å²) in [7, 11) is 0. The third-order valence-electron chi connectivity index (χ3n) is 3.86. The fourth-order valence-corrected chi connectivity index (χ4v) is 2.58. The van der Waals surface area contributed by atoms with Gasteiger partial charge in [-0.25, -0.2) is 4.79 Å². The number of benzene rings is 2. The Morgan fingerprint density at radius 3 is 2.32 bits per heavy atom. The normalized spacial score (nSPS) is 10.9. The molecule has 0 spiro atoms. The maximum absolute atomic E-state index is 11.0. The highest BCUT2D eigenvalue weighted by Gasteiger charge is 2.10. The molecule has 0 aliphatic carbocycles. The van der Waals surface area contributed by atoms with Gasteiger partial charge in [0.1, 0.15) is 30.6 Å². The molecule has 0 aromatic heterocycles. The molecule has 2 aromatic carbocycles. The molecule has 6 heteroatoms. The van der Waals surface area contributed by atoms with Crippen LogP contribution in [0.3, 0.4) is 0 Å². The van der Waals surface area contributed by atoms with Crippen LogP contribution in [-0.2, 0) is 4.79 Å². The van der Waals surface area contributed by atoms with Crippen molar-refractivity contribution in [2.45, 2.75) is 20.8 Å². The molecular weight excluding hydrogens is 358 g/mol. The molecule has 1 N–H and O–H groups in total. The number of carboxylic acids is 1. The largest absolute Gasteiger partial charge is 0.490 e. The molecule has 0 radical (unpaired) electrons. The van der Waals surface area contributed by atoms with Gasteiger partial charge >= 0.3 is 5.97 Å². The summed E-state index contributed by atoms with van der Waals surface area (Å²) >= 11 is 0. The average Bonchev–Trinajstić information content (AvgIpc) is 2.66. The van der Waals surface area contributed by atoms with Crippen LogP contribution >= 0.6 is 0 Å². The zero-order chi connectivity index (χ0) is 20.5. The van der Waals surface area contributed by atoms with Gasteiger partial charge in [-0.2, -0.15) is 5.26 Å². The van der Waals surface area contributed by atoms with Crippen LogP contribution in [0, 0.1) is 25.2 Å². The van der Waals surface area contributed by atoms with Crippen LogP contribution in [0.5, 0.6) is 17.2 Å². The maximum atomic E-state index is 11.0. The van der Waals surface area contributed by atoms with Gasteiger partial charge in [-0.05, 0) is 56.2 Å². The fraction of sp³-hybridized carbons (Fsp3) is 0.273. The Hall–Kier alpha value is -3.46. The molecule has 0 aliphatic rings. The topological polar surface area (TPSA) is 88.8 Å². The van der Waals surface area contributed by atoms with Gasteiger partial charge in [-0.15, -0.1) is 0 Å². The summed E-state index contributed by atoms with van der Waals surface area (Å²) in [6, 6.07) is 12.6. The second-order valence-electron chi connectivity index (χ2n) is 6.08. The highest BCUT2D eigenvalue weighted by molar-refractivity contribution is 5.96. The maximum Gasteiger partial charge on any atom is 0.346 e. The molecule has 28 heavy (non-hydrogen) atoms. The molecule has 0 aliphatic heterocycles. The Morgan fingerprint density at radius 1 is 1.04 bits per heavy atom. The molecule has 0 unspecified atom stereocenters. The van der Waals surface area contributed by atoms with E-state index in [0.717, 1.165) is 11.3 Å². The van der Waals surface area contributed by atoms with E-state index in [0.29, 0.717) is 36.9 Å². The van der Waals surface area contributed by atoms with Crippen LogP contribution < -0.4 is 14.2 Å². The Balaban J connectivity index is 2.04. The van der Waals surface area contributed by atoms with Gasteiger partial charge in [0.15, 0.2) is 11.5 Å². The number of carbonyl (C=O) groups is 1. The average molecular weight is 381 g/mol. The molecule has 0 atom stereocenters. The van der Waals surface area contributed by atoms with Crippen LogP contribution in [0.2, 0.25) is 0 Å². The molecule has 2 aromatic rings. The first-order chi connectivity index (χ1) is 13.4. The van der Waals surface area contributed by atoms with Crippen molar-refractivity contribution < 1.29 is 24.1 Å². The van der Waals surface area contributed by atoms with Gasteiger partial charge in [0.25, 0.3) is 0 Å². The van der Waals surface area contributed by atoms with Crippen LogP contribution in [0.1, 0.15) is 23.6 Å². The van der Waals surface area contributed by atoms with Gasteiger partial charge in [-0.3, -0.25) is 0 Å². The number of aliphatic carboxylic acids is 1. The Morgan fingerprint density at radius 2 is 1.71 bits per heavy atom. The minimum atomic E-state index is -1.27. The van der Waals surface area contributed by atoms with Crippen LogP contribution in [0.15, 0.2) is 42.0 Å². The number of hydrogen-bond acceptors (Lipinski definition) is 5. The minimum Gasteiger partial charge on any atom is -0.490 e. The predicted molar refractivity (Wildman–Crippen MR) is 106 cm³/mol. The molecule has 0 amide bonds. The molecular formula is C22H23NO5. The quantitative estimate of drug-likeness (QED) is 0.399. The molecule has 0 saturated carbocycles. The van der Waals surface area contributed by atoms with E-state index >= 15 is 0 Å². The van der Waals surface area contributed by atoms with Gasteiger partial charge in [0.05, 0.1) is 6.61 Å². The molecule has 146 valence electrons. The lowest BCUT2D eigenvalue weighted by molar-refractivity contribution is -0.132. The first-order valence-corrected chi connectivity index (χ1v) is 8.89. The van der Waals surface area contributed by atoms with Crippen molar-refractivity contribution in [3.8, 4) is 23.3 Å². The van der Waals surface area contributed by atoms with Gasteiger partial charge in [-0.1, -0.05) is 23.8 Å². The second-order valence-corrected chi connectivity index (χ2v) is 6.08. The van der Waals surface area contributed by atoms with Gasteiger partial charge < -0.3 is 19.3 Å². The van der Waals surface area contributed by atoms with E-state index in [-0.39, 0.29) is 5.57 Å².